The minimum atomic E-state index is -4.64. The molecule has 11 heteroatoms. The summed E-state index contributed by atoms with van der Waals surface area (Å²) in [6.45, 7) is 3.14. The summed E-state index contributed by atoms with van der Waals surface area (Å²) in [5.74, 6) is -0.667. The van der Waals surface area contributed by atoms with Crippen molar-refractivity contribution in [1.82, 2.24) is 14.7 Å². The van der Waals surface area contributed by atoms with Gasteiger partial charge in [0, 0.05) is 18.2 Å². The first-order chi connectivity index (χ1) is 9.28. The fourth-order valence-electron chi connectivity index (χ4n) is 1.55. The van der Waals surface area contributed by atoms with E-state index in [1.807, 2.05) is 0 Å². The fourth-order valence-corrected chi connectivity index (χ4v) is 2.63. The monoisotopic (exact) mass is 327 g/mol. The molecule has 0 saturated heterocycles. The van der Waals surface area contributed by atoms with Crippen LogP contribution in [0.15, 0.2) is 6.07 Å². The van der Waals surface area contributed by atoms with Gasteiger partial charge < -0.3 is 11.1 Å². The first kappa shape index (κ1) is 17.4. The molecule has 0 radical (unpaired) electrons. The maximum Gasteiger partial charge on any atom is 0.433 e. The van der Waals surface area contributed by atoms with E-state index >= 15 is 0 Å². The Morgan fingerprint density at radius 1 is 1.29 bits per heavy atom. The molecule has 0 aliphatic carbocycles. The number of anilines is 2. The van der Waals surface area contributed by atoms with Crippen molar-refractivity contribution < 1.29 is 21.6 Å². The summed E-state index contributed by atoms with van der Waals surface area (Å²) >= 11 is 0. The smallest absolute Gasteiger partial charge is 0.368 e. The Labute approximate surface area is 120 Å². The van der Waals surface area contributed by atoms with Crippen molar-refractivity contribution in [3.8, 4) is 0 Å². The van der Waals surface area contributed by atoms with E-state index in [9.17, 15) is 21.6 Å². The number of nitrogens with one attached hydrogen (secondary N) is 2. The molecule has 21 heavy (non-hydrogen) atoms. The lowest BCUT2D eigenvalue weighted by atomic mass is 10.1. The molecule has 0 aromatic carbocycles. The predicted octanol–water partition coefficient (Wildman–Crippen LogP) is 0.817. The van der Waals surface area contributed by atoms with Gasteiger partial charge in [-0.3, -0.25) is 0 Å². The van der Waals surface area contributed by atoms with E-state index in [1.54, 1.807) is 13.8 Å². The third-order valence-electron chi connectivity index (χ3n) is 2.21. The maximum absolute atomic E-state index is 12.6. The number of nitrogens with zero attached hydrogens (tertiary/aromatic N) is 2. The summed E-state index contributed by atoms with van der Waals surface area (Å²) in [7, 11) is -3.45. The van der Waals surface area contributed by atoms with Crippen LogP contribution in [0.3, 0.4) is 0 Å². The number of aromatic nitrogens is 2. The molecule has 0 atom stereocenters. The van der Waals surface area contributed by atoms with Crippen LogP contribution in [0.1, 0.15) is 19.5 Å². The first-order valence-corrected chi connectivity index (χ1v) is 7.62. The number of nitrogens with two attached hydrogens (primary N) is 1. The zero-order valence-corrected chi connectivity index (χ0v) is 12.4. The van der Waals surface area contributed by atoms with Gasteiger partial charge in [0.2, 0.25) is 16.0 Å². The average molecular weight is 327 g/mol. The van der Waals surface area contributed by atoms with E-state index in [2.05, 4.69) is 20.0 Å². The van der Waals surface area contributed by atoms with E-state index < -0.39 is 33.4 Å². The highest BCUT2D eigenvalue weighted by atomic mass is 32.2. The maximum atomic E-state index is 12.6. The van der Waals surface area contributed by atoms with Gasteiger partial charge in [0.15, 0.2) is 5.69 Å². The Morgan fingerprint density at radius 2 is 1.86 bits per heavy atom. The van der Waals surface area contributed by atoms with E-state index in [-0.39, 0.29) is 12.4 Å². The summed E-state index contributed by atoms with van der Waals surface area (Å²) in [6.07, 6.45) is -3.66. The Morgan fingerprint density at radius 3 is 2.33 bits per heavy atom. The minimum Gasteiger partial charge on any atom is -0.368 e. The lowest BCUT2D eigenvalue weighted by Gasteiger charge is -2.25. The molecule has 0 amide bonds. The van der Waals surface area contributed by atoms with Crippen molar-refractivity contribution in [2.45, 2.75) is 25.6 Å². The normalized spacial score (nSPS) is 13.2. The third kappa shape index (κ3) is 6.12. The lowest BCUT2D eigenvalue weighted by Crippen LogP contribution is -2.47. The van der Waals surface area contributed by atoms with Gasteiger partial charge in [-0.15, -0.1) is 0 Å². The van der Waals surface area contributed by atoms with Gasteiger partial charge in [-0.1, -0.05) is 0 Å². The van der Waals surface area contributed by atoms with Gasteiger partial charge in [0.05, 0.1) is 6.26 Å². The number of hydrogen-bond donors (Lipinski definition) is 3. The standard InChI is InChI=1S/C10H16F3N5O2S/c1-9(2,18-21(3,19)20)5-15-7-4-6(10(11,12)13)16-8(14)17-7/h4,18H,5H2,1-3H3,(H3,14,15,16,17). The second-order valence-corrected chi connectivity index (χ2v) is 6.85. The molecule has 1 heterocycles. The number of alkyl halides is 3. The molecular weight excluding hydrogens is 311 g/mol. The second kappa shape index (κ2) is 5.64. The molecule has 4 N–H and O–H groups in total. The molecule has 1 aromatic heterocycles. The summed E-state index contributed by atoms with van der Waals surface area (Å²) in [6, 6.07) is 0.701. The topological polar surface area (TPSA) is 110 Å². The quantitative estimate of drug-likeness (QED) is 0.738. The van der Waals surface area contributed by atoms with Gasteiger partial charge in [0.1, 0.15) is 5.82 Å². The second-order valence-electron chi connectivity index (χ2n) is 5.11. The van der Waals surface area contributed by atoms with E-state index in [1.165, 1.54) is 0 Å². The molecule has 0 aliphatic rings. The molecule has 0 bridgehead atoms. The number of hydrogen-bond acceptors (Lipinski definition) is 6. The van der Waals surface area contributed by atoms with Crippen LogP contribution in [0.5, 0.6) is 0 Å². The van der Waals surface area contributed by atoms with Crippen molar-refractivity contribution in [3.05, 3.63) is 11.8 Å². The van der Waals surface area contributed by atoms with Crippen LogP contribution in [0.2, 0.25) is 0 Å². The molecule has 0 aliphatic heterocycles. The van der Waals surface area contributed by atoms with Crippen LogP contribution in [0, 0.1) is 0 Å². The Bertz CT molecular complexity index is 616. The first-order valence-electron chi connectivity index (χ1n) is 5.73. The molecule has 0 saturated carbocycles. The van der Waals surface area contributed by atoms with E-state index in [0.717, 1.165) is 6.26 Å². The average Bonchev–Trinajstić information content (AvgIpc) is 2.21. The van der Waals surface area contributed by atoms with Crippen molar-refractivity contribution in [1.29, 1.82) is 0 Å². The van der Waals surface area contributed by atoms with Crippen molar-refractivity contribution in [3.63, 3.8) is 0 Å². The van der Waals surface area contributed by atoms with Gasteiger partial charge in [-0.2, -0.15) is 18.2 Å². The summed E-state index contributed by atoms with van der Waals surface area (Å²) < 4.78 is 62.4. The summed E-state index contributed by atoms with van der Waals surface area (Å²) in [4.78, 5) is 6.72. The third-order valence-corrected chi connectivity index (χ3v) is 3.13. The highest BCUT2D eigenvalue weighted by Crippen LogP contribution is 2.29. The molecular formula is C10H16F3N5O2S. The number of rotatable bonds is 5. The van der Waals surface area contributed by atoms with Gasteiger partial charge in [-0.25, -0.2) is 18.1 Å². The van der Waals surface area contributed by atoms with Crippen molar-refractivity contribution >= 4 is 21.8 Å². The van der Waals surface area contributed by atoms with Gasteiger partial charge >= 0.3 is 6.18 Å². The highest BCUT2D eigenvalue weighted by molar-refractivity contribution is 7.88. The molecule has 7 nitrogen and oxygen atoms in total. The van der Waals surface area contributed by atoms with Gasteiger partial charge in [-0.05, 0) is 13.8 Å². The summed E-state index contributed by atoms with van der Waals surface area (Å²) in [5.41, 5.74) is 3.12. The largest absolute Gasteiger partial charge is 0.433 e. The fraction of sp³-hybridized carbons (Fsp3) is 0.600. The molecule has 0 unspecified atom stereocenters. The summed E-state index contributed by atoms with van der Waals surface area (Å²) in [5, 5.41) is 2.60. The Balaban J connectivity index is 2.87. The zero-order chi connectivity index (χ0) is 16.5. The number of sulfonamides is 1. The SMILES string of the molecule is CC(C)(CNc1cc(C(F)(F)F)nc(N)n1)NS(C)(=O)=O. The molecule has 0 spiro atoms. The van der Waals surface area contributed by atoms with Crippen LogP contribution >= 0.6 is 0 Å². The highest BCUT2D eigenvalue weighted by Gasteiger charge is 2.33. The number of nitrogen functional groups attached to an aromatic ring is 1. The van der Waals surface area contributed by atoms with Crippen molar-refractivity contribution in [2.75, 3.05) is 23.9 Å². The van der Waals surface area contributed by atoms with E-state index in [4.69, 9.17) is 5.73 Å². The molecule has 0 fully saturated rings. The Kier molecular flexibility index (Phi) is 4.68. The predicted molar refractivity (Wildman–Crippen MR) is 72.0 cm³/mol. The van der Waals surface area contributed by atoms with Crippen LogP contribution < -0.4 is 15.8 Å². The minimum absolute atomic E-state index is 0.00776. The van der Waals surface area contributed by atoms with Crippen LogP contribution in [0.25, 0.3) is 0 Å². The zero-order valence-electron chi connectivity index (χ0n) is 11.6. The van der Waals surface area contributed by atoms with Crippen molar-refractivity contribution in [2.24, 2.45) is 0 Å². The van der Waals surface area contributed by atoms with Crippen LogP contribution in [-0.2, 0) is 16.2 Å². The Hall–Kier alpha value is -1.62. The molecule has 1 rings (SSSR count). The van der Waals surface area contributed by atoms with Crippen LogP contribution in [-0.4, -0.2) is 36.7 Å². The number of halogens is 3. The molecule has 1 aromatic rings. The lowest BCUT2D eigenvalue weighted by molar-refractivity contribution is -0.141. The van der Waals surface area contributed by atoms with Crippen LogP contribution in [0.4, 0.5) is 24.9 Å². The van der Waals surface area contributed by atoms with Gasteiger partial charge in [0.25, 0.3) is 0 Å². The van der Waals surface area contributed by atoms with E-state index in [0.29, 0.717) is 6.07 Å². The molecule has 120 valence electrons.